The maximum Gasteiger partial charge on any atom is 0.322 e. The molecule has 8 nitrogen and oxygen atoms in total. The van der Waals surface area contributed by atoms with E-state index in [1.54, 1.807) is 48.4 Å². The summed E-state index contributed by atoms with van der Waals surface area (Å²) in [7, 11) is 1.60. The molecular weight excluding hydrogens is 628 g/mol. The predicted octanol–water partition coefficient (Wildman–Crippen LogP) is 8.29. The number of methoxy groups -OCH3 is 1. The number of allylic oxidation sites excluding steroid dienone is 2. The lowest BCUT2D eigenvalue weighted by Gasteiger charge is -2.46. The third kappa shape index (κ3) is 7.57. The number of furan rings is 1. The summed E-state index contributed by atoms with van der Waals surface area (Å²) in [6.07, 6.45) is 7.45. The Labute approximate surface area is 294 Å². The number of ketones is 1. The minimum absolute atomic E-state index is 0.102. The number of amides is 2. The summed E-state index contributed by atoms with van der Waals surface area (Å²) in [6.45, 7) is 4.63. The Morgan fingerprint density at radius 3 is 2.50 bits per heavy atom. The van der Waals surface area contributed by atoms with Gasteiger partial charge < -0.3 is 29.6 Å². The van der Waals surface area contributed by atoms with Crippen molar-refractivity contribution in [3.63, 3.8) is 0 Å². The number of nitrogens with zero attached hydrogens (tertiary/aromatic N) is 1. The van der Waals surface area contributed by atoms with Crippen LogP contribution >= 0.6 is 0 Å². The third-order valence-corrected chi connectivity index (χ3v) is 11.0. The van der Waals surface area contributed by atoms with E-state index in [9.17, 15) is 19.8 Å². The molecule has 4 aromatic rings. The van der Waals surface area contributed by atoms with Gasteiger partial charge in [0.25, 0.3) is 0 Å². The molecule has 2 bridgehead atoms. The summed E-state index contributed by atoms with van der Waals surface area (Å²) in [5.74, 6) is 0.546. The fraction of sp³-hybridized carbons (Fsp3) is 0.381. The van der Waals surface area contributed by atoms with Gasteiger partial charge in [-0.25, -0.2) is 4.79 Å². The molecule has 3 N–H and O–H groups in total. The van der Waals surface area contributed by atoms with Gasteiger partial charge in [0.2, 0.25) is 5.78 Å². The van der Waals surface area contributed by atoms with Gasteiger partial charge in [0.15, 0.2) is 5.76 Å². The Kier molecular flexibility index (Phi) is 10.6. The molecule has 7 rings (SSSR count). The fourth-order valence-corrected chi connectivity index (χ4v) is 7.93. The zero-order chi connectivity index (χ0) is 35.3. The average Bonchev–Trinajstić information content (AvgIpc) is 3.74. The van der Waals surface area contributed by atoms with Crippen LogP contribution < -0.4 is 10.1 Å². The van der Waals surface area contributed by atoms with Gasteiger partial charge in [-0.2, -0.15) is 0 Å². The first kappa shape index (κ1) is 35.2. The number of ether oxygens (including phenoxy) is 1. The Morgan fingerprint density at radius 1 is 1.00 bits per heavy atom. The van der Waals surface area contributed by atoms with Crippen LogP contribution in [0.15, 0.2) is 107 Å². The van der Waals surface area contributed by atoms with E-state index in [4.69, 9.17) is 9.15 Å². The van der Waals surface area contributed by atoms with E-state index in [0.29, 0.717) is 62.1 Å². The normalized spacial score (nSPS) is 23.7. The molecule has 0 radical (unpaired) electrons. The largest absolute Gasteiger partial charge is 0.497 e. The first-order valence-corrected chi connectivity index (χ1v) is 17.6. The van der Waals surface area contributed by atoms with Gasteiger partial charge in [-0.05, 0) is 117 Å². The summed E-state index contributed by atoms with van der Waals surface area (Å²) in [5, 5.41) is 26.9. The molecule has 4 unspecified atom stereocenters. The predicted molar refractivity (Wildman–Crippen MR) is 194 cm³/mol. The summed E-state index contributed by atoms with van der Waals surface area (Å²) in [4.78, 5) is 29.8. The number of anilines is 1. The molecule has 262 valence electrons. The van der Waals surface area contributed by atoms with Gasteiger partial charge in [-0.3, -0.25) is 4.79 Å². The molecule has 3 aromatic carbocycles. The monoisotopic (exact) mass is 676 g/mol. The van der Waals surface area contributed by atoms with Crippen molar-refractivity contribution in [3.8, 4) is 5.75 Å². The molecule has 8 heteroatoms. The second-order valence-electron chi connectivity index (χ2n) is 14.3. The van der Waals surface area contributed by atoms with Crippen molar-refractivity contribution in [3.05, 3.63) is 131 Å². The smallest absolute Gasteiger partial charge is 0.322 e. The van der Waals surface area contributed by atoms with E-state index in [1.165, 1.54) is 11.8 Å². The van der Waals surface area contributed by atoms with Crippen LogP contribution in [-0.2, 0) is 13.0 Å². The number of carbonyl (C=O) groups excluding carboxylic acids is 2. The molecule has 4 atom stereocenters. The highest BCUT2D eigenvalue weighted by Crippen LogP contribution is 2.59. The summed E-state index contributed by atoms with van der Waals surface area (Å²) >= 11 is 0. The van der Waals surface area contributed by atoms with E-state index in [-0.39, 0.29) is 30.0 Å². The maximum absolute atomic E-state index is 14.1. The molecule has 3 aliphatic rings. The molecule has 1 heterocycles. The van der Waals surface area contributed by atoms with Crippen LogP contribution in [0.4, 0.5) is 10.5 Å². The van der Waals surface area contributed by atoms with Crippen molar-refractivity contribution < 1.29 is 29.0 Å². The van der Waals surface area contributed by atoms with Gasteiger partial charge in [0, 0.05) is 23.2 Å². The summed E-state index contributed by atoms with van der Waals surface area (Å²) in [6, 6.07) is 26.0. The Morgan fingerprint density at radius 2 is 1.78 bits per heavy atom. The number of benzene rings is 3. The zero-order valence-electron chi connectivity index (χ0n) is 29.2. The highest BCUT2D eigenvalue weighted by Gasteiger charge is 2.57. The topological polar surface area (TPSA) is 112 Å². The third-order valence-electron chi connectivity index (χ3n) is 11.0. The number of fused-ring (bicyclic) bond motifs is 8. The maximum atomic E-state index is 14.1. The van der Waals surface area contributed by atoms with Crippen LogP contribution in [0.5, 0.6) is 5.75 Å². The lowest BCUT2D eigenvalue weighted by molar-refractivity contribution is -0.0773. The Balaban J connectivity index is 1.39. The molecule has 0 spiro atoms. The number of carbonyl (C=O) groups is 2. The zero-order valence-corrected chi connectivity index (χ0v) is 29.2. The number of aliphatic hydroxyl groups is 2. The van der Waals surface area contributed by atoms with Crippen LogP contribution in [0.3, 0.4) is 0 Å². The minimum atomic E-state index is -1.28. The lowest BCUT2D eigenvalue weighted by Crippen LogP contribution is -2.54. The number of rotatable bonds is 8. The van der Waals surface area contributed by atoms with Crippen molar-refractivity contribution in [1.82, 2.24) is 4.90 Å². The van der Waals surface area contributed by atoms with Crippen molar-refractivity contribution in [2.45, 2.75) is 83.0 Å². The Bertz CT molecular complexity index is 1800. The van der Waals surface area contributed by atoms with Gasteiger partial charge in [-0.15, -0.1) is 0 Å². The van der Waals surface area contributed by atoms with Crippen LogP contribution in [-0.4, -0.2) is 52.3 Å². The quantitative estimate of drug-likeness (QED) is 0.128. The van der Waals surface area contributed by atoms with Crippen molar-refractivity contribution in [1.29, 1.82) is 0 Å². The molecule has 50 heavy (non-hydrogen) atoms. The minimum Gasteiger partial charge on any atom is -0.497 e. The molecule has 0 saturated heterocycles. The van der Waals surface area contributed by atoms with Crippen molar-refractivity contribution in [2.24, 2.45) is 5.41 Å². The molecule has 3 aliphatic carbocycles. The number of hydrogen-bond acceptors (Lipinski definition) is 6. The van der Waals surface area contributed by atoms with Gasteiger partial charge in [-0.1, -0.05) is 61.0 Å². The first-order valence-electron chi connectivity index (χ1n) is 17.6. The highest BCUT2D eigenvalue weighted by atomic mass is 16.5. The van der Waals surface area contributed by atoms with Gasteiger partial charge in [0.05, 0.1) is 31.6 Å². The molecular formula is C42H48N2O6. The van der Waals surface area contributed by atoms with Gasteiger partial charge in [0.1, 0.15) is 5.75 Å². The lowest BCUT2D eigenvalue weighted by atomic mass is 9.64. The SMILES string of the molecule is COc1ccc(NC(=O)N(Cc2ccccc2)CC2(O)CCC3c4ccc(cc4C(=O)c4ccco4)CC(O)CCC(C)=CCCC32C)cc1. The number of nitrogens with one attached hydrogen (secondary N) is 1. The number of urea groups is 1. The van der Waals surface area contributed by atoms with Gasteiger partial charge >= 0.3 is 6.03 Å². The molecule has 1 aromatic heterocycles. The second-order valence-corrected chi connectivity index (χ2v) is 14.3. The van der Waals surface area contributed by atoms with E-state index in [1.807, 2.05) is 48.5 Å². The van der Waals surface area contributed by atoms with Crippen LogP contribution in [0.2, 0.25) is 0 Å². The first-order chi connectivity index (χ1) is 24.1. The van der Waals surface area contributed by atoms with E-state index in [0.717, 1.165) is 23.1 Å². The Hall–Kier alpha value is -4.66. The molecule has 1 fully saturated rings. The van der Waals surface area contributed by atoms with Crippen LogP contribution in [0.25, 0.3) is 0 Å². The summed E-state index contributed by atoms with van der Waals surface area (Å²) in [5.41, 5.74) is 3.08. The average molecular weight is 677 g/mol. The van der Waals surface area contributed by atoms with E-state index >= 15 is 0 Å². The molecule has 1 saturated carbocycles. The molecule has 2 amide bonds. The molecule has 0 aliphatic heterocycles. The number of aliphatic hydroxyl groups excluding tert-OH is 1. The number of hydrogen-bond donors (Lipinski definition) is 3. The van der Waals surface area contributed by atoms with Crippen LogP contribution in [0.1, 0.15) is 91.1 Å². The van der Waals surface area contributed by atoms with Crippen molar-refractivity contribution >= 4 is 17.5 Å². The summed E-state index contributed by atoms with van der Waals surface area (Å²) < 4.78 is 10.9. The van der Waals surface area contributed by atoms with E-state index in [2.05, 4.69) is 25.2 Å². The van der Waals surface area contributed by atoms with Crippen LogP contribution in [0, 0.1) is 5.41 Å². The van der Waals surface area contributed by atoms with E-state index < -0.39 is 17.1 Å². The standard InChI is InChI=1S/C42H48N2O6/c1-29-9-7-22-41(2)37(35-20-14-31(25-33(45)17-13-29)26-36(35)39(46)38-12-8-24-50-38)21-23-42(41,48)28-44(27-30-10-5-4-6-11-30)40(47)43-32-15-18-34(49-3)19-16-32/h4-6,8-12,14-16,18-20,24,26,33,37,45,48H,7,13,17,21-23,25,27-28H2,1-3H3,(H,43,47). The fourth-order valence-electron chi connectivity index (χ4n) is 7.93. The van der Waals surface area contributed by atoms with Crippen molar-refractivity contribution in [2.75, 3.05) is 19.0 Å². The highest BCUT2D eigenvalue weighted by molar-refractivity contribution is 6.08. The second kappa shape index (κ2) is 15.1.